The largest absolute Gasteiger partial charge is 0.343 e. The van der Waals surface area contributed by atoms with E-state index < -0.39 is 0 Å². The van der Waals surface area contributed by atoms with Crippen molar-refractivity contribution >= 4 is 11.8 Å². The zero-order valence-electron chi connectivity index (χ0n) is 16.0. The van der Waals surface area contributed by atoms with Crippen molar-refractivity contribution in [3.05, 3.63) is 35.9 Å². The number of hydrogen-bond donors (Lipinski definition) is 0. The molecular formula is C22H32N2O2. The van der Waals surface area contributed by atoms with Crippen LogP contribution in [0.3, 0.4) is 0 Å². The average molecular weight is 357 g/mol. The third-order valence-corrected chi connectivity index (χ3v) is 5.96. The second kappa shape index (κ2) is 9.20. The SMILES string of the molecule is CC(CC(=O)N1CCC(C(=O)N2CCCCCC2)CC1)c1ccccc1. The lowest BCUT2D eigenvalue weighted by molar-refractivity contribution is -0.140. The molecule has 0 saturated carbocycles. The molecule has 0 N–H and O–H groups in total. The zero-order valence-corrected chi connectivity index (χ0v) is 16.0. The minimum Gasteiger partial charge on any atom is -0.343 e. The third kappa shape index (κ3) is 4.87. The van der Waals surface area contributed by atoms with Crippen molar-refractivity contribution in [2.24, 2.45) is 5.92 Å². The number of carbonyl (C=O) groups is 2. The third-order valence-electron chi connectivity index (χ3n) is 5.96. The van der Waals surface area contributed by atoms with Crippen LogP contribution < -0.4 is 0 Å². The van der Waals surface area contributed by atoms with E-state index in [4.69, 9.17) is 0 Å². The van der Waals surface area contributed by atoms with E-state index in [1.54, 1.807) is 0 Å². The fraction of sp³-hybridized carbons (Fsp3) is 0.636. The van der Waals surface area contributed by atoms with Crippen molar-refractivity contribution in [1.29, 1.82) is 0 Å². The predicted molar refractivity (Wildman–Crippen MR) is 104 cm³/mol. The van der Waals surface area contributed by atoms with Crippen molar-refractivity contribution in [2.75, 3.05) is 26.2 Å². The van der Waals surface area contributed by atoms with E-state index in [9.17, 15) is 9.59 Å². The molecule has 0 aliphatic carbocycles. The molecule has 2 amide bonds. The Morgan fingerprint density at radius 1 is 0.923 bits per heavy atom. The van der Waals surface area contributed by atoms with Crippen molar-refractivity contribution in [3.8, 4) is 0 Å². The summed E-state index contributed by atoms with van der Waals surface area (Å²) in [6, 6.07) is 10.2. The Morgan fingerprint density at radius 3 is 2.15 bits per heavy atom. The lowest BCUT2D eigenvalue weighted by Crippen LogP contribution is -2.44. The summed E-state index contributed by atoms with van der Waals surface area (Å²) < 4.78 is 0. The van der Waals surface area contributed by atoms with E-state index in [0.29, 0.717) is 12.3 Å². The number of likely N-dealkylation sites (tertiary alicyclic amines) is 2. The van der Waals surface area contributed by atoms with E-state index in [0.717, 1.165) is 51.9 Å². The first-order valence-corrected chi connectivity index (χ1v) is 10.3. The molecule has 2 fully saturated rings. The average Bonchev–Trinajstić information content (AvgIpc) is 2.97. The van der Waals surface area contributed by atoms with Gasteiger partial charge in [0.05, 0.1) is 0 Å². The van der Waals surface area contributed by atoms with Crippen LogP contribution in [-0.2, 0) is 9.59 Å². The Hall–Kier alpha value is -1.84. The molecule has 26 heavy (non-hydrogen) atoms. The first-order valence-electron chi connectivity index (χ1n) is 10.3. The Balaban J connectivity index is 1.47. The van der Waals surface area contributed by atoms with Gasteiger partial charge in [0, 0.05) is 38.5 Å². The van der Waals surface area contributed by atoms with E-state index in [1.165, 1.54) is 18.4 Å². The van der Waals surface area contributed by atoms with Crippen molar-refractivity contribution in [2.45, 2.75) is 57.8 Å². The van der Waals surface area contributed by atoms with Crippen LogP contribution in [0.15, 0.2) is 30.3 Å². The molecule has 3 rings (SSSR count). The molecule has 4 heteroatoms. The second-order valence-corrected chi connectivity index (χ2v) is 7.91. The summed E-state index contributed by atoms with van der Waals surface area (Å²) in [6.45, 7) is 5.41. The molecule has 0 spiro atoms. The lowest BCUT2D eigenvalue weighted by atomic mass is 9.93. The molecule has 2 aliphatic rings. The summed E-state index contributed by atoms with van der Waals surface area (Å²) in [7, 11) is 0. The van der Waals surface area contributed by atoms with Gasteiger partial charge in [-0.25, -0.2) is 0 Å². The lowest BCUT2D eigenvalue weighted by Gasteiger charge is -2.34. The van der Waals surface area contributed by atoms with Crippen LogP contribution in [-0.4, -0.2) is 47.8 Å². The Labute approximate surface area is 157 Å². The molecule has 0 bridgehead atoms. The molecule has 4 nitrogen and oxygen atoms in total. The van der Waals surface area contributed by atoms with Gasteiger partial charge in [-0.05, 0) is 37.2 Å². The van der Waals surface area contributed by atoms with Gasteiger partial charge in [0.25, 0.3) is 0 Å². The molecule has 0 radical (unpaired) electrons. The first kappa shape index (κ1) is 18.9. The molecule has 2 saturated heterocycles. The van der Waals surface area contributed by atoms with Crippen LogP contribution in [0.5, 0.6) is 0 Å². The maximum absolute atomic E-state index is 12.8. The van der Waals surface area contributed by atoms with Gasteiger partial charge in [0.15, 0.2) is 0 Å². The molecule has 1 aromatic rings. The first-order chi connectivity index (χ1) is 12.6. The van der Waals surface area contributed by atoms with Crippen LogP contribution in [0.2, 0.25) is 0 Å². The van der Waals surface area contributed by atoms with Crippen molar-refractivity contribution in [3.63, 3.8) is 0 Å². The van der Waals surface area contributed by atoms with Crippen molar-refractivity contribution in [1.82, 2.24) is 9.80 Å². The normalized spacial score (nSPS) is 20.5. The van der Waals surface area contributed by atoms with Crippen molar-refractivity contribution < 1.29 is 9.59 Å². The number of benzene rings is 1. The minimum atomic E-state index is 0.115. The summed E-state index contributed by atoms with van der Waals surface area (Å²) in [5.41, 5.74) is 1.21. The highest BCUT2D eigenvalue weighted by Gasteiger charge is 2.30. The topological polar surface area (TPSA) is 40.6 Å². The number of hydrogen-bond acceptors (Lipinski definition) is 2. The fourth-order valence-corrected chi connectivity index (χ4v) is 4.22. The number of nitrogens with zero attached hydrogens (tertiary/aromatic N) is 2. The molecule has 1 aromatic carbocycles. The van der Waals surface area contributed by atoms with Crippen LogP contribution in [0.25, 0.3) is 0 Å². The maximum Gasteiger partial charge on any atom is 0.225 e. The predicted octanol–water partition coefficient (Wildman–Crippen LogP) is 3.82. The summed E-state index contributed by atoms with van der Waals surface area (Å²) in [5, 5.41) is 0. The maximum atomic E-state index is 12.8. The van der Waals surface area contributed by atoms with Gasteiger partial charge >= 0.3 is 0 Å². The Morgan fingerprint density at radius 2 is 1.54 bits per heavy atom. The smallest absolute Gasteiger partial charge is 0.225 e. The van der Waals surface area contributed by atoms with Crippen LogP contribution in [0.1, 0.15) is 63.4 Å². The van der Waals surface area contributed by atoms with Crippen LogP contribution in [0.4, 0.5) is 0 Å². The highest BCUT2D eigenvalue weighted by Crippen LogP contribution is 2.24. The monoisotopic (exact) mass is 356 g/mol. The summed E-state index contributed by atoms with van der Waals surface area (Å²) in [5.74, 6) is 0.905. The van der Waals surface area contributed by atoms with Gasteiger partial charge in [-0.2, -0.15) is 0 Å². The summed E-state index contributed by atoms with van der Waals surface area (Å²) in [4.78, 5) is 29.4. The van der Waals surface area contributed by atoms with Gasteiger partial charge in [-0.15, -0.1) is 0 Å². The minimum absolute atomic E-state index is 0.115. The molecule has 1 atom stereocenters. The molecule has 1 unspecified atom stereocenters. The van der Waals surface area contributed by atoms with Crippen LogP contribution >= 0.6 is 0 Å². The number of piperidine rings is 1. The van der Waals surface area contributed by atoms with Crippen LogP contribution in [0, 0.1) is 5.92 Å². The highest BCUT2D eigenvalue weighted by molar-refractivity contribution is 5.80. The summed E-state index contributed by atoms with van der Waals surface area (Å²) in [6.07, 6.45) is 6.96. The molecule has 2 heterocycles. The molecule has 142 valence electrons. The Bertz CT molecular complexity index is 585. The van der Waals surface area contributed by atoms with Gasteiger partial charge in [-0.1, -0.05) is 50.1 Å². The second-order valence-electron chi connectivity index (χ2n) is 7.91. The fourth-order valence-electron chi connectivity index (χ4n) is 4.22. The quantitative estimate of drug-likeness (QED) is 0.823. The van der Waals surface area contributed by atoms with Gasteiger partial charge < -0.3 is 9.80 Å². The number of carbonyl (C=O) groups excluding carboxylic acids is 2. The van der Waals surface area contributed by atoms with E-state index in [-0.39, 0.29) is 17.7 Å². The number of amides is 2. The Kier molecular flexibility index (Phi) is 6.70. The zero-order chi connectivity index (χ0) is 18.4. The van der Waals surface area contributed by atoms with Gasteiger partial charge in [-0.3, -0.25) is 9.59 Å². The number of rotatable bonds is 4. The van der Waals surface area contributed by atoms with Gasteiger partial charge in [0.1, 0.15) is 0 Å². The van der Waals surface area contributed by atoms with E-state index >= 15 is 0 Å². The highest BCUT2D eigenvalue weighted by atomic mass is 16.2. The standard InChI is InChI=1S/C22H32N2O2/c1-18(19-9-5-4-6-10-19)17-21(25)23-15-11-20(12-16-23)22(26)24-13-7-2-3-8-14-24/h4-6,9-10,18,20H,2-3,7-8,11-17H2,1H3. The summed E-state index contributed by atoms with van der Waals surface area (Å²) >= 11 is 0. The molecule has 2 aliphatic heterocycles. The molecular weight excluding hydrogens is 324 g/mol. The van der Waals surface area contributed by atoms with E-state index in [2.05, 4.69) is 24.0 Å². The van der Waals surface area contributed by atoms with Gasteiger partial charge in [0.2, 0.25) is 11.8 Å². The molecule has 0 aromatic heterocycles. The van der Waals surface area contributed by atoms with E-state index in [1.807, 2.05) is 23.1 Å².